The van der Waals surface area contributed by atoms with Crippen LogP contribution in [0.15, 0.2) is 189 Å². The molecular weight excluding hydrogens is 639 g/mol. The molecule has 0 unspecified atom stereocenters. The summed E-state index contributed by atoms with van der Waals surface area (Å²) in [5, 5.41) is 12.5. The predicted molar refractivity (Wildman–Crippen MR) is 229 cm³/mol. The third kappa shape index (κ3) is 5.41. The molecule has 0 bridgehead atoms. The van der Waals surface area contributed by atoms with Crippen LogP contribution < -0.4 is 0 Å². The van der Waals surface area contributed by atoms with E-state index >= 15 is 0 Å². The SMILES string of the molecule is C=C/C=C\Cc1ccc2ccc(-c3ccc4c5ccc6cc(-c7ccc8ccc(C)cc8c7)ccc6c5n(-c5ccc6ccccc6c5)c4c3)cc2c1. The smallest absolute Gasteiger partial charge is 0.0619 e. The maximum Gasteiger partial charge on any atom is 0.0619 e. The summed E-state index contributed by atoms with van der Waals surface area (Å²) < 4.78 is 2.49. The van der Waals surface area contributed by atoms with Gasteiger partial charge >= 0.3 is 0 Å². The highest BCUT2D eigenvalue weighted by molar-refractivity contribution is 6.19. The summed E-state index contributed by atoms with van der Waals surface area (Å²) in [6.07, 6.45) is 6.89. The van der Waals surface area contributed by atoms with Crippen molar-refractivity contribution in [2.75, 3.05) is 0 Å². The van der Waals surface area contributed by atoms with Crippen molar-refractivity contribution in [2.45, 2.75) is 13.3 Å². The minimum atomic E-state index is 0.890. The van der Waals surface area contributed by atoms with Gasteiger partial charge < -0.3 is 4.57 Å². The Kier molecular flexibility index (Phi) is 7.33. The van der Waals surface area contributed by atoms with Crippen molar-refractivity contribution in [3.05, 3.63) is 200 Å². The summed E-state index contributed by atoms with van der Waals surface area (Å²) in [7, 11) is 0. The van der Waals surface area contributed by atoms with Gasteiger partial charge in [0.25, 0.3) is 0 Å². The van der Waals surface area contributed by atoms with Gasteiger partial charge in [-0.2, -0.15) is 0 Å². The van der Waals surface area contributed by atoms with E-state index in [9.17, 15) is 0 Å². The fourth-order valence-corrected chi connectivity index (χ4v) is 8.23. The second kappa shape index (κ2) is 12.5. The molecule has 0 radical (unpaired) electrons. The van der Waals surface area contributed by atoms with Gasteiger partial charge in [-0.1, -0.05) is 158 Å². The van der Waals surface area contributed by atoms with Gasteiger partial charge in [0.05, 0.1) is 11.0 Å². The maximum atomic E-state index is 3.81. The average molecular weight is 676 g/mol. The molecule has 10 aromatic rings. The van der Waals surface area contributed by atoms with E-state index in [1.165, 1.54) is 98.3 Å². The van der Waals surface area contributed by atoms with Crippen LogP contribution in [0.1, 0.15) is 11.1 Å². The highest BCUT2D eigenvalue weighted by Crippen LogP contribution is 2.40. The van der Waals surface area contributed by atoms with Crippen molar-refractivity contribution in [1.29, 1.82) is 0 Å². The first-order valence-corrected chi connectivity index (χ1v) is 18.4. The Labute approximate surface area is 309 Å². The van der Waals surface area contributed by atoms with Crippen LogP contribution in [-0.4, -0.2) is 4.57 Å². The molecule has 0 amide bonds. The first-order valence-electron chi connectivity index (χ1n) is 18.4. The number of allylic oxidation sites excluding steroid dienone is 3. The molecule has 0 aliphatic carbocycles. The summed E-state index contributed by atoms with van der Waals surface area (Å²) in [6.45, 7) is 5.97. The lowest BCUT2D eigenvalue weighted by atomic mass is 9.96. The molecule has 0 saturated carbocycles. The lowest BCUT2D eigenvalue weighted by molar-refractivity contribution is 1.19. The van der Waals surface area contributed by atoms with Crippen LogP contribution in [0, 0.1) is 6.92 Å². The van der Waals surface area contributed by atoms with E-state index in [2.05, 4.69) is 188 Å². The molecule has 1 aromatic heterocycles. The molecule has 0 saturated heterocycles. The van der Waals surface area contributed by atoms with Crippen LogP contribution in [0.3, 0.4) is 0 Å². The van der Waals surface area contributed by atoms with E-state index in [1.54, 1.807) is 0 Å². The molecule has 1 heteroatoms. The largest absolute Gasteiger partial charge is 0.309 e. The fourth-order valence-electron chi connectivity index (χ4n) is 8.23. The molecule has 0 N–H and O–H groups in total. The quantitative estimate of drug-likeness (QED) is 0.155. The van der Waals surface area contributed by atoms with E-state index in [1.807, 2.05) is 12.2 Å². The van der Waals surface area contributed by atoms with Gasteiger partial charge in [0, 0.05) is 21.8 Å². The molecule has 1 heterocycles. The van der Waals surface area contributed by atoms with Crippen LogP contribution in [0.25, 0.3) is 92.8 Å². The second-order valence-electron chi connectivity index (χ2n) is 14.3. The summed E-state index contributed by atoms with van der Waals surface area (Å²) in [6, 6.07) is 61.2. The van der Waals surface area contributed by atoms with Crippen molar-refractivity contribution in [2.24, 2.45) is 0 Å². The molecule has 10 rings (SSSR count). The molecule has 0 fully saturated rings. The van der Waals surface area contributed by atoms with Crippen LogP contribution in [-0.2, 0) is 6.42 Å². The lowest BCUT2D eigenvalue weighted by Gasteiger charge is -2.13. The van der Waals surface area contributed by atoms with E-state index < -0.39 is 0 Å². The highest BCUT2D eigenvalue weighted by Gasteiger charge is 2.17. The molecule has 250 valence electrons. The first-order chi connectivity index (χ1) is 26.1. The topological polar surface area (TPSA) is 4.93 Å². The monoisotopic (exact) mass is 675 g/mol. The molecule has 53 heavy (non-hydrogen) atoms. The molecule has 0 aliphatic heterocycles. The Hall–Kier alpha value is -6.70. The van der Waals surface area contributed by atoms with Gasteiger partial charge in [0.15, 0.2) is 0 Å². The maximum absolute atomic E-state index is 3.81. The summed E-state index contributed by atoms with van der Waals surface area (Å²) in [5.41, 5.74) is 11.1. The third-order valence-electron chi connectivity index (χ3n) is 10.9. The van der Waals surface area contributed by atoms with Crippen molar-refractivity contribution >= 4 is 64.9 Å². The zero-order valence-corrected chi connectivity index (χ0v) is 29.7. The van der Waals surface area contributed by atoms with Crippen molar-refractivity contribution in [1.82, 2.24) is 4.57 Å². The Bertz CT molecular complexity index is 3120. The minimum absolute atomic E-state index is 0.890. The zero-order valence-electron chi connectivity index (χ0n) is 29.7. The first kappa shape index (κ1) is 31.1. The standard InChI is InChI=1S/C52H37N/c1-3-4-5-8-35-12-14-38-16-18-41(31-46(38)28-35)43-21-25-49-50-26-22-44-29-42(40-17-15-37-13-11-34(2)27-45(37)30-40)20-24-48(44)52(50)53(51(49)33-43)47-23-19-36-9-6-7-10-39(36)32-47/h3-7,9-33H,1,8H2,2H3/b5-4-. The number of rotatable bonds is 6. The Balaban J connectivity index is 1.18. The van der Waals surface area contributed by atoms with E-state index in [4.69, 9.17) is 0 Å². The van der Waals surface area contributed by atoms with E-state index in [-0.39, 0.29) is 0 Å². The molecule has 9 aromatic carbocycles. The van der Waals surface area contributed by atoms with Crippen molar-refractivity contribution < 1.29 is 0 Å². The van der Waals surface area contributed by atoms with Crippen molar-refractivity contribution in [3.63, 3.8) is 0 Å². The average Bonchev–Trinajstić information content (AvgIpc) is 3.54. The van der Waals surface area contributed by atoms with Crippen LogP contribution in [0.4, 0.5) is 0 Å². The summed E-state index contributed by atoms with van der Waals surface area (Å²) >= 11 is 0. The summed E-state index contributed by atoms with van der Waals surface area (Å²) in [4.78, 5) is 0. The highest BCUT2D eigenvalue weighted by atomic mass is 15.0. The fraction of sp³-hybridized carbons (Fsp3) is 0.0385. The Morgan fingerprint density at radius 3 is 1.85 bits per heavy atom. The molecule has 0 aliphatic rings. The van der Waals surface area contributed by atoms with Gasteiger partial charge in [0.2, 0.25) is 0 Å². The lowest BCUT2D eigenvalue weighted by Crippen LogP contribution is -1.95. The third-order valence-corrected chi connectivity index (χ3v) is 10.9. The molecule has 1 nitrogen and oxygen atoms in total. The van der Waals surface area contributed by atoms with Crippen LogP contribution in [0.2, 0.25) is 0 Å². The number of benzene rings is 9. The number of nitrogens with zero attached hydrogens (tertiary/aromatic N) is 1. The van der Waals surface area contributed by atoms with Crippen LogP contribution >= 0.6 is 0 Å². The van der Waals surface area contributed by atoms with Gasteiger partial charge in [0.1, 0.15) is 0 Å². The van der Waals surface area contributed by atoms with Crippen LogP contribution in [0.5, 0.6) is 0 Å². The molecule has 0 atom stereocenters. The number of fused-ring (bicyclic) bond motifs is 8. The van der Waals surface area contributed by atoms with Gasteiger partial charge in [-0.05, 0) is 115 Å². The Morgan fingerprint density at radius 1 is 0.472 bits per heavy atom. The second-order valence-corrected chi connectivity index (χ2v) is 14.3. The minimum Gasteiger partial charge on any atom is -0.309 e. The van der Waals surface area contributed by atoms with E-state index in [0.29, 0.717) is 0 Å². The van der Waals surface area contributed by atoms with Gasteiger partial charge in [-0.3, -0.25) is 0 Å². The molecule has 0 spiro atoms. The Morgan fingerprint density at radius 2 is 1.06 bits per heavy atom. The predicted octanol–water partition coefficient (Wildman–Crippen LogP) is 14.3. The molecular formula is C52H37N. The number of hydrogen-bond donors (Lipinski definition) is 0. The van der Waals surface area contributed by atoms with Crippen molar-refractivity contribution in [3.8, 4) is 27.9 Å². The van der Waals surface area contributed by atoms with Gasteiger partial charge in [-0.25, -0.2) is 0 Å². The van der Waals surface area contributed by atoms with E-state index in [0.717, 1.165) is 12.1 Å². The number of aromatic nitrogens is 1. The normalized spacial score (nSPS) is 11.9. The number of hydrogen-bond acceptors (Lipinski definition) is 0. The zero-order chi connectivity index (χ0) is 35.5. The summed E-state index contributed by atoms with van der Waals surface area (Å²) in [5.74, 6) is 0. The van der Waals surface area contributed by atoms with Gasteiger partial charge in [-0.15, -0.1) is 0 Å². The number of aryl methyl sites for hydroxylation is 1.